The topological polar surface area (TPSA) is 113 Å². The normalized spacial score (nSPS) is 16.4. The Balaban J connectivity index is 2.01. The molecule has 1 fully saturated rings. The average molecular weight is 409 g/mol. The number of amides is 1. The molecule has 0 unspecified atom stereocenters. The van der Waals surface area contributed by atoms with Gasteiger partial charge in [0.1, 0.15) is 0 Å². The van der Waals surface area contributed by atoms with Gasteiger partial charge in [-0.2, -0.15) is 0 Å². The lowest BCUT2D eigenvalue weighted by molar-refractivity contribution is -0.384. The predicted octanol–water partition coefficient (Wildman–Crippen LogP) is 4.08. The maximum Gasteiger partial charge on any atom is 0.337 e. The number of hydrogen-bond acceptors (Lipinski definition) is 6. The molecule has 0 bridgehead atoms. The van der Waals surface area contributed by atoms with Gasteiger partial charge in [-0.1, -0.05) is 30.3 Å². The van der Waals surface area contributed by atoms with Crippen LogP contribution in [0.3, 0.4) is 0 Å². The fraction of sp³-hybridized carbons (Fsp3) is 0.0500. The van der Waals surface area contributed by atoms with E-state index in [1.807, 2.05) is 0 Å². The molecule has 2 aromatic rings. The van der Waals surface area contributed by atoms with Gasteiger partial charge in [0, 0.05) is 18.7 Å². The summed E-state index contributed by atoms with van der Waals surface area (Å²) in [5.41, 5.74) is 0.659. The van der Waals surface area contributed by atoms with Crippen LogP contribution in [0.4, 0.5) is 11.4 Å². The summed E-state index contributed by atoms with van der Waals surface area (Å²) in [5.74, 6) is -1.46. The second-order valence-corrected chi connectivity index (χ2v) is 6.89. The van der Waals surface area contributed by atoms with Crippen LogP contribution in [0.2, 0.25) is 0 Å². The fourth-order valence-corrected chi connectivity index (χ4v) is 3.62. The highest BCUT2D eigenvalue weighted by atomic mass is 32.2. The van der Waals surface area contributed by atoms with Gasteiger partial charge in [0.05, 0.1) is 21.1 Å². The zero-order chi connectivity index (χ0) is 21.0. The van der Waals surface area contributed by atoms with Crippen LogP contribution in [0.5, 0.6) is 0 Å². The van der Waals surface area contributed by atoms with E-state index < -0.39 is 10.9 Å². The maximum atomic E-state index is 12.8. The third-order valence-electron chi connectivity index (χ3n) is 3.93. The Morgan fingerprint density at radius 2 is 2.03 bits per heavy atom. The molecule has 1 amide bonds. The number of thioether (sulfide) groups is 1. The number of para-hydroxylation sites is 1. The Hall–Kier alpha value is -3.72. The van der Waals surface area contributed by atoms with E-state index in [-0.39, 0.29) is 29.4 Å². The Bertz CT molecular complexity index is 1080. The highest BCUT2D eigenvalue weighted by Crippen LogP contribution is 2.35. The minimum absolute atomic E-state index is 0.0164. The highest BCUT2D eigenvalue weighted by Gasteiger charge is 2.33. The SMILES string of the molecule is C=CCN1C(=O)/C(=C/c2cccc([N+](=O)[O-])c2)SC1=Nc1ccccc1C(=O)O. The van der Waals surface area contributed by atoms with E-state index >= 15 is 0 Å². The molecule has 0 spiro atoms. The summed E-state index contributed by atoms with van der Waals surface area (Å²) in [4.78, 5) is 40.7. The minimum atomic E-state index is -1.12. The van der Waals surface area contributed by atoms with Crippen molar-refractivity contribution in [3.05, 3.63) is 87.3 Å². The molecular formula is C20H15N3O5S. The van der Waals surface area contributed by atoms with Crippen LogP contribution >= 0.6 is 11.8 Å². The number of hydrogen-bond donors (Lipinski definition) is 1. The third kappa shape index (κ3) is 4.41. The number of aliphatic imine (C=N–C) groups is 1. The van der Waals surface area contributed by atoms with E-state index in [0.717, 1.165) is 11.8 Å². The summed E-state index contributed by atoms with van der Waals surface area (Å²) in [6, 6.07) is 12.2. The highest BCUT2D eigenvalue weighted by molar-refractivity contribution is 8.18. The molecule has 1 aliphatic rings. The maximum absolute atomic E-state index is 12.8. The monoisotopic (exact) mass is 409 g/mol. The molecule has 2 aromatic carbocycles. The van der Waals surface area contributed by atoms with Crippen molar-refractivity contribution in [1.29, 1.82) is 0 Å². The summed E-state index contributed by atoms with van der Waals surface area (Å²) in [6.07, 6.45) is 3.08. The number of amidine groups is 1. The number of aromatic carboxylic acids is 1. The zero-order valence-electron chi connectivity index (χ0n) is 15.0. The molecule has 0 saturated carbocycles. The summed E-state index contributed by atoms with van der Waals surface area (Å²) in [5, 5.41) is 20.6. The van der Waals surface area contributed by atoms with Crippen LogP contribution in [0.1, 0.15) is 15.9 Å². The number of rotatable bonds is 6. The third-order valence-corrected chi connectivity index (χ3v) is 4.94. The van der Waals surface area contributed by atoms with Crippen molar-refractivity contribution < 1.29 is 19.6 Å². The molecule has 0 aromatic heterocycles. The number of benzene rings is 2. The molecule has 1 aliphatic heterocycles. The molecule has 0 atom stereocenters. The summed E-state index contributed by atoms with van der Waals surface area (Å²) < 4.78 is 0. The van der Waals surface area contributed by atoms with Gasteiger partial charge in [-0.05, 0) is 35.5 Å². The second-order valence-electron chi connectivity index (χ2n) is 5.88. The zero-order valence-corrected chi connectivity index (χ0v) is 15.8. The Morgan fingerprint density at radius 1 is 1.28 bits per heavy atom. The standard InChI is InChI=1S/C20H15N3O5S/c1-2-10-22-18(24)17(12-13-6-5-7-14(11-13)23(27)28)29-20(22)21-16-9-4-3-8-15(16)19(25)26/h2-9,11-12H,1,10H2,(H,25,26)/b17-12-,21-20?. The molecule has 0 aliphatic carbocycles. The van der Waals surface area contributed by atoms with Crippen molar-refractivity contribution in [3.63, 3.8) is 0 Å². The fourth-order valence-electron chi connectivity index (χ4n) is 2.62. The number of non-ortho nitro benzene ring substituents is 1. The van der Waals surface area contributed by atoms with E-state index in [2.05, 4.69) is 11.6 Å². The molecule has 3 rings (SSSR count). The van der Waals surface area contributed by atoms with Gasteiger partial charge in [0.25, 0.3) is 11.6 Å². The van der Waals surface area contributed by atoms with Crippen LogP contribution < -0.4 is 0 Å². The van der Waals surface area contributed by atoms with Gasteiger partial charge in [-0.3, -0.25) is 19.8 Å². The number of carboxylic acid groups (broad SMARTS) is 1. The first kappa shape index (κ1) is 20.0. The summed E-state index contributed by atoms with van der Waals surface area (Å²) >= 11 is 1.07. The lowest BCUT2D eigenvalue weighted by atomic mass is 10.2. The number of carbonyl (C=O) groups excluding carboxylic acids is 1. The van der Waals surface area contributed by atoms with Gasteiger partial charge < -0.3 is 5.11 Å². The van der Waals surface area contributed by atoms with Crippen molar-refractivity contribution in [2.75, 3.05) is 6.54 Å². The molecule has 9 heteroatoms. The molecular weight excluding hydrogens is 394 g/mol. The Labute approximate surface area is 170 Å². The van der Waals surface area contributed by atoms with E-state index in [4.69, 9.17) is 0 Å². The predicted molar refractivity (Wildman–Crippen MR) is 111 cm³/mol. The van der Waals surface area contributed by atoms with Crippen LogP contribution in [-0.2, 0) is 4.79 Å². The number of nitro benzene ring substituents is 1. The van der Waals surface area contributed by atoms with Gasteiger partial charge in [-0.25, -0.2) is 9.79 Å². The van der Waals surface area contributed by atoms with Gasteiger partial charge >= 0.3 is 5.97 Å². The van der Waals surface area contributed by atoms with Gasteiger partial charge in [-0.15, -0.1) is 6.58 Å². The number of carbonyl (C=O) groups is 2. The van der Waals surface area contributed by atoms with Gasteiger partial charge in [0.2, 0.25) is 0 Å². The van der Waals surface area contributed by atoms with E-state index in [1.54, 1.807) is 30.3 Å². The van der Waals surface area contributed by atoms with Crippen LogP contribution in [-0.4, -0.2) is 38.5 Å². The Morgan fingerprint density at radius 3 is 2.72 bits per heavy atom. The molecule has 1 N–H and O–H groups in total. The molecule has 8 nitrogen and oxygen atoms in total. The largest absolute Gasteiger partial charge is 0.478 e. The Kier molecular flexibility index (Phi) is 5.89. The first-order chi connectivity index (χ1) is 13.9. The smallest absolute Gasteiger partial charge is 0.337 e. The van der Waals surface area contributed by atoms with Crippen molar-refractivity contribution in [1.82, 2.24) is 4.90 Å². The molecule has 29 heavy (non-hydrogen) atoms. The number of nitro groups is 1. The molecule has 1 heterocycles. The van der Waals surface area contributed by atoms with Crippen molar-refractivity contribution in [2.24, 2.45) is 4.99 Å². The van der Waals surface area contributed by atoms with Crippen LogP contribution in [0.25, 0.3) is 6.08 Å². The average Bonchev–Trinajstić information content (AvgIpc) is 2.97. The number of nitrogens with zero attached hydrogens (tertiary/aromatic N) is 3. The van der Waals surface area contributed by atoms with Crippen LogP contribution in [0, 0.1) is 10.1 Å². The lowest BCUT2D eigenvalue weighted by Crippen LogP contribution is -2.29. The van der Waals surface area contributed by atoms with E-state index in [1.165, 1.54) is 35.2 Å². The molecule has 0 radical (unpaired) electrons. The molecule has 1 saturated heterocycles. The van der Waals surface area contributed by atoms with E-state index in [9.17, 15) is 24.8 Å². The van der Waals surface area contributed by atoms with Crippen LogP contribution in [0.15, 0.2) is 71.1 Å². The minimum Gasteiger partial charge on any atom is -0.478 e. The first-order valence-electron chi connectivity index (χ1n) is 8.38. The van der Waals surface area contributed by atoms with E-state index in [0.29, 0.717) is 15.6 Å². The first-order valence-corrected chi connectivity index (χ1v) is 9.20. The summed E-state index contributed by atoms with van der Waals surface area (Å²) in [6.45, 7) is 3.83. The van der Waals surface area contributed by atoms with Crippen molar-refractivity contribution >= 4 is 46.3 Å². The van der Waals surface area contributed by atoms with Crippen molar-refractivity contribution in [2.45, 2.75) is 0 Å². The second kappa shape index (κ2) is 8.53. The van der Waals surface area contributed by atoms with Gasteiger partial charge in [0.15, 0.2) is 5.17 Å². The lowest BCUT2D eigenvalue weighted by Gasteiger charge is -2.13. The van der Waals surface area contributed by atoms with Crippen molar-refractivity contribution in [3.8, 4) is 0 Å². The summed E-state index contributed by atoms with van der Waals surface area (Å²) in [7, 11) is 0. The quantitative estimate of drug-likeness (QED) is 0.333. The number of carboxylic acids is 1. The molecule has 146 valence electrons.